The first-order chi connectivity index (χ1) is 10.1. The Morgan fingerprint density at radius 3 is 2.38 bits per heavy atom. The summed E-state index contributed by atoms with van der Waals surface area (Å²) in [4.78, 5) is 0. The maximum Gasteiger partial charge on any atom is 0.122 e. The van der Waals surface area contributed by atoms with Crippen molar-refractivity contribution in [3.05, 3.63) is 65.2 Å². The van der Waals surface area contributed by atoms with Crippen molar-refractivity contribution < 1.29 is 4.74 Å². The number of hydrogen-bond acceptors (Lipinski definition) is 2. The third-order valence-corrected chi connectivity index (χ3v) is 4.08. The van der Waals surface area contributed by atoms with Gasteiger partial charge in [0.15, 0.2) is 0 Å². The molecule has 0 amide bonds. The Balaban J connectivity index is 2.23. The first kappa shape index (κ1) is 15.6. The minimum absolute atomic E-state index is 0.248. The molecule has 0 saturated heterocycles. The van der Waals surface area contributed by atoms with E-state index in [2.05, 4.69) is 50.2 Å². The molecule has 0 bridgehead atoms. The molecule has 0 spiro atoms. The summed E-state index contributed by atoms with van der Waals surface area (Å²) in [5.41, 5.74) is 10.1. The average molecular weight is 283 g/mol. The lowest BCUT2D eigenvalue weighted by Gasteiger charge is -2.29. The predicted octanol–water partition coefficient (Wildman–Crippen LogP) is 3.90. The van der Waals surface area contributed by atoms with Crippen LogP contribution < -0.4 is 10.5 Å². The van der Waals surface area contributed by atoms with Crippen molar-refractivity contribution in [3.8, 4) is 5.75 Å². The number of methoxy groups -OCH3 is 1. The van der Waals surface area contributed by atoms with Crippen LogP contribution in [0.15, 0.2) is 48.5 Å². The highest BCUT2D eigenvalue weighted by atomic mass is 16.5. The van der Waals surface area contributed by atoms with Crippen molar-refractivity contribution in [3.63, 3.8) is 0 Å². The molecule has 1 atom stereocenters. The van der Waals surface area contributed by atoms with Crippen LogP contribution in [0.1, 0.15) is 30.0 Å². The van der Waals surface area contributed by atoms with Gasteiger partial charge in [-0.3, -0.25) is 0 Å². The predicted molar refractivity (Wildman–Crippen MR) is 88.8 cm³/mol. The lowest BCUT2D eigenvalue weighted by molar-refractivity contribution is 0.378. The monoisotopic (exact) mass is 283 g/mol. The van der Waals surface area contributed by atoms with Gasteiger partial charge in [-0.05, 0) is 43.4 Å². The molecule has 0 radical (unpaired) electrons. The molecule has 112 valence electrons. The topological polar surface area (TPSA) is 35.2 Å². The van der Waals surface area contributed by atoms with Gasteiger partial charge in [-0.25, -0.2) is 0 Å². The Kier molecular flexibility index (Phi) is 5.03. The third-order valence-electron chi connectivity index (χ3n) is 4.08. The Morgan fingerprint density at radius 2 is 1.76 bits per heavy atom. The standard InChI is InChI=1S/C19H25NO/c1-4-19(20,13-16-8-6-5-7-9-16)14-17-12-15(2)10-11-18(17)21-3/h5-12H,4,13-14,20H2,1-3H3. The normalized spacial score (nSPS) is 13.7. The van der Waals surface area contributed by atoms with E-state index in [0.717, 1.165) is 25.0 Å². The third kappa shape index (κ3) is 4.08. The molecule has 0 saturated carbocycles. The van der Waals surface area contributed by atoms with Gasteiger partial charge in [-0.15, -0.1) is 0 Å². The molecule has 0 aliphatic heterocycles. The molecule has 2 N–H and O–H groups in total. The van der Waals surface area contributed by atoms with Crippen molar-refractivity contribution in [2.45, 2.75) is 38.6 Å². The molecule has 1 unspecified atom stereocenters. The van der Waals surface area contributed by atoms with Gasteiger partial charge in [-0.2, -0.15) is 0 Å². The molecule has 0 aromatic heterocycles. The van der Waals surface area contributed by atoms with Crippen LogP contribution in [0.5, 0.6) is 5.75 Å². The van der Waals surface area contributed by atoms with Gasteiger partial charge in [0.05, 0.1) is 7.11 Å². The molecular formula is C19H25NO. The van der Waals surface area contributed by atoms with Crippen molar-refractivity contribution in [2.75, 3.05) is 7.11 Å². The van der Waals surface area contributed by atoms with Gasteiger partial charge < -0.3 is 10.5 Å². The zero-order valence-corrected chi connectivity index (χ0v) is 13.2. The summed E-state index contributed by atoms with van der Waals surface area (Å²) in [6.07, 6.45) is 2.63. The first-order valence-electron chi connectivity index (χ1n) is 7.52. The molecule has 0 aliphatic carbocycles. The molecule has 2 aromatic carbocycles. The fourth-order valence-electron chi connectivity index (χ4n) is 2.74. The van der Waals surface area contributed by atoms with Crippen LogP contribution in [0.3, 0.4) is 0 Å². The highest BCUT2D eigenvalue weighted by Crippen LogP contribution is 2.27. The lowest BCUT2D eigenvalue weighted by atomic mass is 9.83. The molecule has 0 heterocycles. The number of benzene rings is 2. The summed E-state index contributed by atoms with van der Waals surface area (Å²) in [6, 6.07) is 16.7. The number of aryl methyl sites for hydroxylation is 1. The van der Waals surface area contributed by atoms with Gasteiger partial charge in [0.1, 0.15) is 5.75 Å². The van der Waals surface area contributed by atoms with E-state index in [4.69, 9.17) is 10.5 Å². The largest absolute Gasteiger partial charge is 0.496 e. The Labute approximate surface area is 127 Å². The van der Waals surface area contributed by atoms with Crippen LogP contribution in [0.25, 0.3) is 0 Å². The Morgan fingerprint density at radius 1 is 1.05 bits per heavy atom. The summed E-state index contributed by atoms with van der Waals surface area (Å²) in [6.45, 7) is 4.26. The maximum atomic E-state index is 6.68. The van der Waals surface area contributed by atoms with Gasteiger partial charge in [0.2, 0.25) is 0 Å². The minimum Gasteiger partial charge on any atom is -0.496 e. The highest BCUT2D eigenvalue weighted by molar-refractivity contribution is 5.38. The minimum atomic E-state index is -0.248. The quantitative estimate of drug-likeness (QED) is 0.872. The summed E-state index contributed by atoms with van der Waals surface area (Å²) >= 11 is 0. The van der Waals surface area contributed by atoms with Crippen molar-refractivity contribution >= 4 is 0 Å². The molecule has 0 aliphatic rings. The van der Waals surface area contributed by atoms with E-state index in [1.54, 1.807) is 7.11 Å². The SMILES string of the molecule is CCC(N)(Cc1ccccc1)Cc1cc(C)ccc1OC. The molecule has 2 rings (SSSR count). The maximum absolute atomic E-state index is 6.68. The molecular weight excluding hydrogens is 258 g/mol. The Bertz CT molecular complexity index is 579. The second kappa shape index (κ2) is 6.77. The Hall–Kier alpha value is -1.80. The zero-order valence-electron chi connectivity index (χ0n) is 13.2. The average Bonchev–Trinajstić information content (AvgIpc) is 2.48. The van der Waals surface area contributed by atoms with E-state index in [9.17, 15) is 0 Å². The molecule has 2 nitrogen and oxygen atoms in total. The van der Waals surface area contributed by atoms with Crippen LogP contribution in [-0.4, -0.2) is 12.6 Å². The van der Waals surface area contributed by atoms with Crippen LogP contribution in [0, 0.1) is 6.92 Å². The summed E-state index contributed by atoms with van der Waals surface area (Å²) in [7, 11) is 1.72. The fourth-order valence-corrected chi connectivity index (χ4v) is 2.74. The first-order valence-corrected chi connectivity index (χ1v) is 7.52. The lowest BCUT2D eigenvalue weighted by Crippen LogP contribution is -2.43. The highest BCUT2D eigenvalue weighted by Gasteiger charge is 2.25. The number of hydrogen-bond donors (Lipinski definition) is 1. The second-order valence-corrected chi connectivity index (χ2v) is 5.87. The number of nitrogens with two attached hydrogens (primary N) is 1. The zero-order chi connectivity index (χ0) is 15.3. The van der Waals surface area contributed by atoms with E-state index >= 15 is 0 Å². The van der Waals surface area contributed by atoms with Gasteiger partial charge in [-0.1, -0.05) is 55.0 Å². The van der Waals surface area contributed by atoms with Gasteiger partial charge in [0, 0.05) is 5.54 Å². The second-order valence-electron chi connectivity index (χ2n) is 5.87. The van der Waals surface area contributed by atoms with E-state index in [1.807, 2.05) is 12.1 Å². The van der Waals surface area contributed by atoms with Gasteiger partial charge in [0.25, 0.3) is 0 Å². The van der Waals surface area contributed by atoms with Crippen molar-refractivity contribution in [1.82, 2.24) is 0 Å². The van der Waals surface area contributed by atoms with E-state index < -0.39 is 0 Å². The van der Waals surface area contributed by atoms with Crippen LogP contribution in [-0.2, 0) is 12.8 Å². The number of ether oxygens (including phenoxy) is 1. The van der Waals surface area contributed by atoms with Crippen LogP contribution >= 0.6 is 0 Å². The van der Waals surface area contributed by atoms with Crippen LogP contribution in [0.2, 0.25) is 0 Å². The summed E-state index contributed by atoms with van der Waals surface area (Å²) in [5.74, 6) is 0.928. The molecule has 0 fully saturated rings. The molecule has 2 aromatic rings. The van der Waals surface area contributed by atoms with Crippen LogP contribution in [0.4, 0.5) is 0 Å². The smallest absolute Gasteiger partial charge is 0.122 e. The van der Waals surface area contributed by atoms with Crippen molar-refractivity contribution in [1.29, 1.82) is 0 Å². The van der Waals surface area contributed by atoms with E-state index in [-0.39, 0.29) is 5.54 Å². The van der Waals surface area contributed by atoms with E-state index in [0.29, 0.717) is 0 Å². The van der Waals surface area contributed by atoms with E-state index in [1.165, 1.54) is 16.7 Å². The van der Waals surface area contributed by atoms with Gasteiger partial charge >= 0.3 is 0 Å². The number of rotatable bonds is 6. The molecule has 2 heteroatoms. The fraction of sp³-hybridized carbons (Fsp3) is 0.368. The summed E-state index contributed by atoms with van der Waals surface area (Å²) in [5, 5.41) is 0. The molecule has 21 heavy (non-hydrogen) atoms. The summed E-state index contributed by atoms with van der Waals surface area (Å²) < 4.78 is 5.49. The van der Waals surface area contributed by atoms with Crippen molar-refractivity contribution in [2.24, 2.45) is 5.73 Å².